The maximum Gasteiger partial charge on any atom is 0.246 e. The Morgan fingerprint density at radius 1 is 0.702 bits per heavy atom. The largest absolute Gasteiger partial charge is 0.726 e. The number of likely N-dealkylation sites (N-methyl/N-ethyl adjacent to an activating group) is 1. The number of nitrogens with one attached hydrogen (secondary N) is 1. The second-order valence-electron chi connectivity index (χ2n) is 13.7. The molecule has 0 unspecified atom stereocenters. The molecule has 0 bridgehead atoms. The average Bonchev–Trinajstić information content (AvgIpc) is 3.40. The molecule has 1 amide bonds. The van der Waals surface area contributed by atoms with Gasteiger partial charge in [-0.2, -0.15) is 0 Å². The minimum Gasteiger partial charge on any atom is -0.726 e. The Hall–Kier alpha value is -1.19. The van der Waals surface area contributed by atoms with E-state index in [1.54, 1.807) is 0 Å². The van der Waals surface area contributed by atoms with Crippen LogP contribution in [0.15, 0.2) is 0 Å². The number of carbonyl (C=O) groups is 1. The normalized spacial score (nSPS) is 13.3. The van der Waals surface area contributed by atoms with Crippen LogP contribution < -0.4 is 5.32 Å². The number of nitrogens with zero attached hydrogens (tertiary/aromatic N) is 2. The lowest BCUT2D eigenvalue weighted by molar-refractivity contribution is -0.487. The zero-order valence-corrected chi connectivity index (χ0v) is 32.3. The number of hydrogen-bond donors (Lipinski definition) is 1. The SMILES string of the molecule is CCCCCCCCCCCCCCCC(=O)NCCN1CC[N+](C)=C1CCCCCCCCCCCCCCC.COS(=O)(=O)[O-]. The van der Waals surface area contributed by atoms with Crippen LogP contribution in [-0.2, 0) is 19.4 Å². The summed E-state index contributed by atoms with van der Waals surface area (Å²) in [5.41, 5.74) is 0. The van der Waals surface area contributed by atoms with Crippen molar-refractivity contribution in [3.05, 3.63) is 0 Å². The van der Waals surface area contributed by atoms with Crippen molar-refractivity contribution < 1.29 is 26.5 Å². The van der Waals surface area contributed by atoms with Crippen LogP contribution in [-0.4, -0.2) is 74.5 Å². The molecule has 0 aromatic carbocycles. The van der Waals surface area contributed by atoms with Gasteiger partial charge in [-0.05, 0) is 12.8 Å². The maximum absolute atomic E-state index is 12.3. The number of hydrogen-bond acceptors (Lipinski definition) is 6. The van der Waals surface area contributed by atoms with Crippen molar-refractivity contribution in [1.82, 2.24) is 10.2 Å². The van der Waals surface area contributed by atoms with E-state index in [1.165, 1.54) is 173 Å². The smallest absolute Gasteiger partial charge is 0.246 e. The molecular weight excluding hydrogens is 611 g/mol. The molecule has 0 aliphatic carbocycles. The molecule has 1 N–H and O–H groups in total. The van der Waals surface area contributed by atoms with E-state index in [2.05, 4.69) is 39.9 Å². The Morgan fingerprint density at radius 3 is 1.45 bits per heavy atom. The van der Waals surface area contributed by atoms with E-state index >= 15 is 0 Å². The first kappa shape index (κ1) is 45.8. The van der Waals surface area contributed by atoms with Gasteiger partial charge in [0.25, 0.3) is 0 Å². The first-order valence-corrected chi connectivity index (χ1v) is 21.2. The lowest BCUT2D eigenvalue weighted by Gasteiger charge is -2.14. The first-order valence-electron chi connectivity index (χ1n) is 19.8. The lowest BCUT2D eigenvalue weighted by atomic mass is 10.0. The number of amides is 1. The van der Waals surface area contributed by atoms with Gasteiger partial charge in [0.2, 0.25) is 22.1 Å². The van der Waals surface area contributed by atoms with Crippen LogP contribution in [0.4, 0.5) is 0 Å². The fourth-order valence-corrected chi connectivity index (χ4v) is 6.38. The third kappa shape index (κ3) is 31.8. The highest BCUT2D eigenvalue weighted by Gasteiger charge is 2.27. The van der Waals surface area contributed by atoms with Gasteiger partial charge in [-0.3, -0.25) is 18.5 Å². The number of amidine groups is 1. The number of unbranched alkanes of at least 4 members (excludes halogenated alkanes) is 24. The fourth-order valence-electron chi connectivity index (χ4n) is 6.38. The second-order valence-corrected chi connectivity index (χ2v) is 14.9. The molecule has 0 spiro atoms. The van der Waals surface area contributed by atoms with Crippen molar-refractivity contribution in [2.24, 2.45) is 0 Å². The summed E-state index contributed by atoms with van der Waals surface area (Å²) in [5, 5.41) is 3.19. The van der Waals surface area contributed by atoms with Gasteiger partial charge in [0, 0.05) is 12.8 Å². The lowest BCUT2D eigenvalue weighted by Crippen LogP contribution is -2.37. The van der Waals surface area contributed by atoms with Gasteiger partial charge in [0.15, 0.2) is 0 Å². The van der Waals surface area contributed by atoms with Gasteiger partial charge in [-0.15, -0.1) is 0 Å². The average molecular weight is 688 g/mol. The second kappa shape index (κ2) is 33.3. The van der Waals surface area contributed by atoms with Crippen molar-refractivity contribution in [3.8, 4) is 0 Å². The van der Waals surface area contributed by atoms with Crippen LogP contribution >= 0.6 is 0 Å². The topological polar surface area (TPSA) is 102 Å². The highest BCUT2D eigenvalue weighted by molar-refractivity contribution is 7.80. The Bertz CT molecular complexity index is 850. The van der Waals surface area contributed by atoms with E-state index in [4.69, 9.17) is 0 Å². The van der Waals surface area contributed by atoms with Crippen LogP contribution in [0.5, 0.6) is 0 Å². The molecule has 0 aromatic rings. The Morgan fingerprint density at radius 2 is 1.06 bits per heavy atom. The van der Waals surface area contributed by atoms with E-state index in [1.807, 2.05) is 0 Å². The van der Waals surface area contributed by atoms with Gasteiger partial charge in [-0.1, -0.05) is 168 Å². The Balaban J connectivity index is 0.00000320. The van der Waals surface area contributed by atoms with Gasteiger partial charge < -0.3 is 9.87 Å². The van der Waals surface area contributed by atoms with Gasteiger partial charge in [-0.25, -0.2) is 8.42 Å². The molecule has 280 valence electrons. The van der Waals surface area contributed by atoms with Crippen molar-refractivity contribution in [3.63, 3.8) is 0 Å². The van der Waals surface area contributed by atoms with Crippen molar-refractivity contribution in [2.75, 3.05) is 40.3 Å². The summed E-state index contributed by atoms with van der Waals surface area (Å²) in [6.45, 7) is 8.56. The van der Waals surface area contributed by atoms with Gasteiger partial charge in [0.05, 0.1) is 20.7 Å². The molecular formula is C38H77N3O5S. The summed E-state index contributed by atoms with van der Waals surface area (Å²) in [6, 6.07) is 0. The maximum atomic E-state index is 12.3. The number of carbonyl (C=O) groups excluding carboxylic acids is 1. The fraction of sp³-hybridized carbons (Fsp3) is 0.947. The monoisotopic (exact) mass is 688 g/mol. The van der Waals surface area contributed by atoms with Crippen LogP contribution in [0.25, 0.3) is 0 Å². The highest BCUT2D eigenvalue weighted by Crippen LogP contribution is 2.15. The minimum absolute atomic E-state index is 0.249. The predicted molar refractivity (Wildman–Crippen MR) is 198 cm³/mol. The zero-order chi connectivity index (χ0) is 34.9. The summed E-state index contributed by atoms with van der Waals surface area (Å²) >= 11 is 0. The molecule has 8 nitrogen and oxygen atoms in total. The molecule has 1 heterocycles. The molecule has 1 rings (SSSR count). The molecule has 9 heteroatoms. The molecule has 0 radical (unpaired) electrons. The van der Waals surface area contributed by atoms with E-state index in [-0.39, 0.29) is 5.91 Å². The molecule has 0 aromatic heterocycles. The van der Waals surface area contributed by atoms with E-state index in [0.29, 0.717) is 6.42 Å². The first-order chi connectivity index (χ1) is 22.7. The molecule has 47 heavy (non-hydrogen) atoms. The van der Waals surface area contributed by atoms with Crippen molar-refractivity contribution >= 4 is 22.1 Å². The summed E-state index contributed by atoms with van der Waals surface area (Å²) in [7, 11) is -1.36. The number of rotatable bonds is 32. The van der Waals surface area contributed by atoms with Gasteiger partial charge in [0.1, 0.15) is 19.6 Å². The molecule has 0 fully saturated rings. The predicted octanol–water partition coefficient (Wildman–Crippen LogP) is 9.51. The van der Waals surface area contributed by atoms with Crippen molar-refractivity contribution in [2.45, 2.75) is 194 Å². The van der Waals surface area contributed by atoms with E-state index in [9.17, 15) is 17.8 Å². The molecule has 1 aliphatic rings. The van der Waals surface area contributed by atoms with Crippen LogP contribution in [0.3, 0.4) is 0 Å². The highest BCUT2D eigenvalue weighted by atomic mass is 32.3. The quantitative estimate of drug-likeness (QED) is 0.0327. The molecule has 0 atom stereocenters. The van der Waals surface area contributed by atoms with Crippen LogP contribution in [0.1, 0.15) is 194 Å². The third-order valence-corrected chi connectivity index (χ3v) is 9.84. The van der Waals surface area contributed by atoms with Crippen LogP contribution in [0, 0.1) is 0 Å². The summed E-state index contributed by atoms with van der Waals surface area (Å²) in [6.07, 6.45) is 37.8. The minimum atomic E-state index is -4.41. The van der Waals surface area contributed by atoms with E-state index in [0.717, 1.165) is 39.7 Å². The van der Waals surface area contributed by atoms with Crippen LogP contribution in [0.2, 0.25) is 0 Å². The zero-order valence-electron chi connectivity index (χ0n) is 31.5. The Labute approximate surface area is 292 Å². The summed E-state index contributed by atoms with van der Waals surface area (Å²) < 4.78 is 33.5. The molecule has 0 saturated heterocycles. The van der Waals surface area contributed by atoms with Crippen molar-refractivity contribution in [1.29, 1.82) is 0 Å². The van der Waals surface area contributed by atoms with E-state index < -0.39 is 10.4 Å². The molecule has 1 aliphatic heterocycles. The van der Waals surface area contributed by atoms with Gasteiger partial charge >= 0.3 is 0 Å². The summed E-state index contributed by atoms with van der Waals surface area (Å²) in [4.78, 5) is 14.8. The Kier molecular flexibility index (Phi) is 32.5. The standard InChI is InChI=1S/C37H73N3O.CH4O4S/c1-4-6-8-10-12-14-16-18-20-22-24-26-28-30-36(41)38-32-33-40-35-34-39(3)37(40)31-29-27-25-23-21-19-17-15-13-11-9-7-5-2;1-5-6(2,3)4/h4-35H2,1-3H3;1H3,(H,2,3,4). The molecule has 0 saturated carbocycles. The third-order valence-electron chi connectivity index (χ3n) is 9.43. The summed E-state index contributed by atoms with van der Waals surface area (Å²) in [5.74, 6) is 1.75.